The zero-order chi connectivity index (χ0) is 12.7. The molecule has 3 rings (SSSR count). The summed E-state index contributed by atoms with van der Waals surface area (Å²) in [6, 6.07) is 7.40. The standard InChI is InChI=1S/C16H23NO/c1-11-4-7-15-16(11)14-10-13(18-3)6-5-12(14)8-9-17(15)2/h5-6,10-11,15-16H,4,7-9H2,1-3H3/t11-,15+,16-/m1/s1. The molecule has 2 nitrogen and oxygen atoms in total. The smallest absolute Gasteiger partial charge is 0.119 e. The van der Waals surface area contributed by atoms with E-state index in [2.05, 4.69) is 37.1 Å². The first-order valence-corrected chi connectivity index (χ1v) is 7.07. The molecule has 18 heavy (non-hydrogen) atoms. The molecule has 98 valence electrons. The second-order valence-corrected chi connectivity index (χ2v) is 5.94. The molecule has 1 aliphatic heterocycles. The minimum Gasteiger partial charge on any atom is -0.497 e. The van der Waals surface area contributed by atoms with E-state index in [0.717, 1.165) is 17.7 Å². The summed E-state index contributed by atoms with van der Waals surface area (Å²) in [5, 5.41) is 0. The highest BCUT2D eigenvalue weighted by Gasteiger charge is 2.39. The lowest BCUT2D eigenvalue weighted by Gasteiger charge is -2.29. The van der Waals surface area contributed by atoms with E-state index in [1.807, 2.05) is 0 Å². The van der Waals surface area contributed by atoms with Gasteiger partial charge in [0.15, 0.2) is 0 Å². The van der Waals surface area contributed by atoms with Crippen molar-refractivity contribution in [1.29, 1.82) is 0 Å². The zero-order valence-electron chi connectivity index (χ0n) is 11.6. The molecule has 1 aromatic rings. The molecule has 1 heterocycles. The molecule has 2 heteroatoms. The summed E-state index contributed by atoms with van der Waals surface area (Å²) in [6.07, 6.45) is 3.88. The Morgan fingerprint density at radius 2 is 2.11 bits per heavy atom. The molecule has 1 aromatic carbocycles. The molecule has 0 radical (unpaired) electrons. The van der Waals surface area contributed by atoms with Gasteiger partial charge in [-0.05, 0) is 55.5 Å². The van der Waals surface area contributed by atoms with E-state index < -0.39 is 0 Å². The van der Waals surface area contributed by atoms with E-state index in [1.165, 1.54) is 31.4 Å². The summed E-state index contributed by atoms with van der Waals surface area (Å²) in [5.74, 6) is 2.50. The fourth-order valence-corrected chi connectivity index (χ4v) is 3.88. The van der Waals surface area contributed by atoms with Crippen molar-refractivity contribution in [3.05, 3.63) is 29.3 Å². The Bertz CT molecular complexity index is 443. The van der Waals surface area contributed by atoms with Crippen molar-refractivity contribution >= 4 is 0 Å². The third-order valence-electron chi connectivity index (χ3n) is 4.96. The Hall–Kier alpha value is -1.02. The number of rotatable bonds is 1. The number of ether oxygens (including phenoxy) is 1. The highest BCUT2D eigenvalue weighted by atomic mass is 16.5. The summed E-state index contributed by atoms with van der Waals surface area (Å²) in [4.78, 5) is 2.57. The van der Waals surface area contributed by atoms with Crippen LogP contribution in [0.3, 0.4) is 0 Å². The fourth-order valence-electron chi connectivity index (χ4n) is 3.88. The third-order valence-corrected chi connectivity index (χ3v) is 4.96. The van der Waals surface area contributed by atoms with Gasteiger partial charge in [-0.3, -0.25) is 0 Å². The second kappa shape index (κ2) is 4.58. The van der Waals surface area contributed by atoms with E-state index in [4.69, 9.17) is 4.74 Å². The molecule has 0 unspecified atom stereocenters. The number of likely N-dealkylation sites (N-methyl/N-ethyl adjacent to an activating group) is 1. The van der Waals surface area contributed by atoms with Crippen LogP contribution in [0.25, 0.3) is 0 Å². The molecule has 0 spiro atoms. The molecule has 0 N–H and O–H groups in total. The van der Waals surface area contributed by atoms with Crippen molar-refractivity contribution in [2.45, 2.75) is 38.1 Å². The van der Waals surface area contributed by atoms with Gasteiger partial charge in [-0.25, -0.2) is 0 Å². The van der Waals surface area contributed by atoms with Crippen molar-refractivity contribution in [3.8, 4) is 5.75 Å². The van der Waals surface area contributed by atoms with Crippen LogP contribution in [-0.2, 0) is 6.42 Å². The molecular formula is C16H23NO. The Labute approximate surface area is 110 Å². The number of fused-ring (bicyclic) bond motifs is 3. The van der Waals surface area contributed by atoms with Crippen LogP contribution in [0.1, 0.15) is 36.8 Å². The Kier molecular flexibility index (Phi) is 3.06. The average Bonchev–Trinajstić information content (AvgIpc) is 2.71. The lowest BCUT2D eigenvalue weighted by atomic mass is 9.85. The average molecular weight is 245 g/mol. The van der Waals surface area contributed by atoms with Gasteiger partial charge in [-0.1, -0.05) is 13.0 Å². The molecule has 0 bridgehead atoms. The number of benzene rings is 1. The van der Waals surface area contributed by atoms with Crippen LogP contribution < -0.4 is 4.74 Å². The van der Waals surface area contributed by atoms with Gasteiger partial charge in [0.05, 0.1) is 7.11 Å². The SMILES string of the molecule is COc1ccc2c(c1)[C@H]1[C@H](C)CC[C@@H]1N(C)CC2. The minimum absolute atomic E-state index is 0.697. The van der Waals surface area contributed by atoms with Crippen LogP contribution in [0.15, 0.2) is 18.2 Å². The zero-order valence-corrected chi connectivity index (χ0v) is 11.6. The predicted molar refractivity (Wildman–Crippen MR) is 74.3 cm³/mol. The van der Waals surface area contributed by atoms with Gasteiger partial charge in [0.2, 0.25) is 0 Å². The van der Waals surface area contributed by atoms with Crippen LogP contribution in [0.2, 0.25) is 0 Å². The summed E-state index contributed by atoms with van der Waals surface area (Å²) in [6.45, 7) is 3.60. The van der Waals surface area contributed by atoms with Gasteiger partial charge in [-0.2, -0.15) is 0 Å². The molecule has 3 atom stereocenters. The minimum atomic E-state index is 0.697. The lowest BCUT2D eigenvalue weighted by molar-refractivity contribution is 0.231. The maximum Gasteiger partial charge on any atom is 0.119 e. The Morgan fingerprint density at radius 3 is 2.89 bits per heavy atom. The maximum absolute atomic E-state index is 5.42. The molecule has 1 aliphatic carbocycles. The summed E-state index contributed by atoms with van der Waals surface area (Å²) in [5.41, 5.74) is 3.08. The number of nitrogens with zero attached hydrogens (tertiary/aromatic N) is 1. The molecule has 0 amide bonds. The number of methoxy groups -OCH3 is 1. The van der Waals surface area contributed by atoms with E-state index >= 15 is 0 Å². The largest absolute Gasteiger partial charge is 0.497 e. The summed E-state index contributed by atoms with van der Waals surface area (Å²) < 4.78 is 5.42. The predicted octanol–water partition coefficient (Wildman–Crippen LogP) is 3.07. The molecule has 0 saturated heterocycles. The first-order chi connectivity index (χ1) is 8.70. The van der Waals surface area contributed by atoms with Crippen LogP contribution in [0.4, 0.5) is 0 Å². The van der Waals surface area contributed by atoms with Gasteiger partial charge in [-0.15, -0.1) is 0 Å². The first kappa shape index (κ1) is 12.0. The lowest BCUT2D eigenvalue weighted by Crippen LogP contribution is -2.33. The first-order valence-electron chi connectivity index (χ1n) is 7.07. The molecular weight excluding hydrogens is 222 g/mol. The van der Waals surface area contributed by atoms with Gasteiger partial charge in [0, 0.05) is 18.5 Å². The summed E-state index contributed by atoms with van der Waals surface area (Å²) in [7, 11) is 4.05. The van der Waals surface area contributed by atoms with Gasteiger partial charge in [0.1, 0.15) is 5.75 Å². The van der Waals surface area contributed by atoms with Gasteiger partial charge in [0.25, 0.3) is 0 Å². The van der Waals surface area contributed by atoms with E-state index in [1.54, 1.807) is 12.7 Å². The molecule has 1 fully saturated rings. The van der Waals surface area contributed by atoms with Crippen LogP contribution >= 0.6 is 0 Å². The number of hydrogen-bond acceptors (Lipinski definition) is 2. The van der Waals surface area contributed by atoms with E-state index in [0.29, 0.717) is 5.92 Å². The second-order valence-electron chi connectivity index (χ2n) is 5.94. The third kappa shape index (κ3) is 1.83. The molecule has 1 saturated carbocycles. The van der Waals surface area contributed by atoms with Crippen LogP contribution in [0, 0.1) is 5.92 Å². The maximum atomic E-state index is 5.42. The van der Waals surface area contributed by atoms with Crippen LogP contribution in [0.5, 0.6) is 5.75 Å². The molecule has 0 aromatic heterocycles. The van der Waals surface area contributed by atoms with Crippen molar-refractivity contribution in [3.63, 3.8) is 0 Å². The topological polar surface area (TPSA) is 12.5 Å². The highest BCUT2D eigenvalue weighted by molar-refractivity contribution is 5.40. The van der Waals surface area contributed by atoms with E-state index in [9.17, 15) is 0 Å². The highest BCUT2D eigenvalue weighted by Crippen LogP contribution is 2.45. The normalized spacial score (nSPS) is 31.6. The van der Waals surface area contributed by atoms with Crippen molar-refractivity contribution in [1.82, 2.24) is 4.90 Å². The summed E-state index contributed by atoms with van der Waals surface area (Å²) >= 11 is 0. The Morgan fingerprint density at radius 1 is 1.28 bits per heavy atom. The molecule has 2 aliphatic rings. The van der Waals surface area contributed by atoms with Crippen molar-refractivity contribution < 1.29 is 4.74 Å². The van der Waals surface area contributed by atoms with E-state index in [-0.39, 0.29) is 0 Å². The van der Waals surface area contributed by atoms with Crippen LogP contribution in [-0.4, -0.2) is 31.6 Å². The fraction of sp³-hybridized carbons (Fsp3) is 0.625. The van der Waals surface area contributed by atoms with Crippen molar-refractivity contribution in [2.75, 3.05) is 20.7 Å². The quantitative estimate of drug-likeness (QED) is 0.754. The monoisotopic (exact) mass is 245 g/mol. The Balaban J connectivity index is 2.07. The van der Waals surface area contributed by atoms with Crippen molar-refractivity contribution in [2.24, 2.45) is 5.92 Å². The van der Waals surface area contributed by atoms with Gasteiger partial charge >= 0.3 is 0 Å². The van der Waals surface area contributed by atoms with Gasteiger partial charge < -0.3 is 9.64 Å². The number of hydrogen-bond donors (Lipinski definition) is 0.